The van der Waals surface area contributed by atoms with Gasteiger partial charge >= 0.3 is 0 Å². The van der Waals surface area contributed by atoms with Crippen molar-refractivity contribution in [3.63, 3.8) is 0 Å². The van der Waals surface area contributed by atoms with Gasteiger partial charge in [-0.15, -0.1) is 0 Å². The third-order valence-electron chi connectivity index (χ3n) is 3.48. The molecule has 1 aromatic carbocycles. The van der Waals surface area contributed by atoms with Crippen molar-refractivity contribution in [2.45, 2.75) is 25.8 Å². The van der Waals surface area contributed by atoms with Gasteiger partial charge in [-0.05, 0) is 61.4 Å². The van der Waals surface area contributed by atoms with Crippen LogP contribution < -0.4 is 5.32 Å². The summed E-state index contributed by atoms with van der Waals surface area (Å²) in [6, 6.07) is 4.79. The van der Waals surface area contributed by atoms with Gasteiger partial charge in [0.05, 0.1) is 0 Å². The van der Waals surface area contributed by atoms with Crippen molar-refractivity contribution >= 4 is 23.4 Å². The van der Waals surface area contributed by atoms with E-state index in [0.717, 1.165) is 18.0 Å². The normalized spacial score (nSPS) is 18.8. The fourth-order valence-corrected chi connectivity index (χ4v) is 3.79. The average molecular weight is 288 g/mol. The van der Waals surface area contributed by atoms with Crippen molar-refractivity contribution in [3.8, 4) is 0 Å². The van der Waals surface area contributed by atoms with Crippen LogP contribution in [-0.2, 0) is 0 Å². The Bertz CT molecular complexity index is 393. The second kappa shape index (κ2) is 6.78. The zero-order valence-corrected chi connectivity index (χ0v) is 12.2. The molecule has 0 aromatic heterocycles. The lowest BCUT2D eigenvalue weighted by Crippen LogP contribution is -2.28. The van der Waals surface area contributed by atoms with Gasteiger partial charge in [-0.2, -0.15) is 11.8 Å². The Morgan fingerprint density at radius 2 is 2.17 bits per heavy atom. The van der Waals surface area contributed by atoms with Gasteiger partial charge in [-0.1, -0.05) is 17.7 Å². The number of benzene rings is 1. The highest BCUT2D eigenvalue weighted by Gasteiger charge is 2.16. The number of hydrogen-bond donors (Lipinski definition) is 1. The van der Waals surface area contributed by atoms with Crippen molar-refractivity contribution in [2.24, 2.45) is 5.92 Å². The van der Waals surface area contributed by atoms with Crippen molar-refractivity contribution in [2.75, 3.05) is 18.1 Å². The molecule has 100 valence electrons. The Balaban J connectivity index is 1.88. The number of hydrogen-bond acceptors (Lipinski definition) is 2. The van der Waals surface area contributed by atoms with E-state index in [1.54, 1.807) is 6.07 Å². The van der Waals surface area contributed by atoms with Crippen LogP contribution in [0.2, 0.25) is 5.02 Å². The van der Waals surface area contributed by atoms with Crippen molar-refractivity contribution in [1.82, 2.24) is 5.32 Å². The second-order valence-electron chi connectivity index (χ2n) is 4.85. The standard InChI is InChI=1S/C14H19ClFNS/c1-10(13-3-2-12(16)8-14(13)15)17-9-11-4-6-18-7-5-11/h2-3,8,10-11,17H,4-7,9H2,1H3. The summed E-state index contributed by atoms with van der Waals surface area (Å²) in [6.45, 7) is 3.10. The van der Waals surface area contributed by atoms with Crippen LogP contribution in [0.1, 0.15) is 31.4 Å². The first-order valence-electron chi connectivity index (χ1n) is 6.43. The van der Waals surface area contributed by atoms with E-state index in [1.807, 2.05) is 11.8 Å². The molecule has 0 saturated carbocycles. The van der Waals surface area contributed by atoms with E-state index in [2.05, 4.69) is 12.2 Å². The van der Waals surface area contributed by atoms with E-state index >= 15 is 0 Å². The summed E-state index contributed by atoms with van der Waals surface area (Å²) in [6.07, 6.45) is 2.59. The molecule has 0 amide bonds. The first-order chi connectivity index (χ1) is 8.66. The van der Waals surface area contributed by atoms with Gasteiger partial charge in [0.2, 0.25) is 0 Å². The highest BCUT2D eigenvalue weighted by Crippen LogP contribution is 2.26. The van der Waals surface area contributed by atoms with Crippen LogP contribution in [0, 0.1) is 11.7 Å². The minimum atomic E-state index is -0.278. The van der Waals surface area contributed by atoms with Gasteiger partial charge in [0, 0.05) is 11.1 Å². The van der Waals surface area contributed by atoms with E-state index in [4.69, 9.17) is 11.6 Å². The maximum Gasteiger partial charge on any atom is 0.124 e. The van der Waals surface area contributed by atoms with E-state index in [1.165, 1.54) is 36.5 Å². The van der Waals surface area contributed by atoms with Gasteiger partial charge in [-0.25, -0.2) is 4.39 Å². The maximum absolute atomic E-state index is 13.0. The number of thioether (sulfide) groups is 1. The molecule has 0 bridgehead atoms. The molecule has 4 heteroatoms. The monoisotopic (exact) mass is 287 g/mol. The van der Waals surface area contributed by atoms with Gasteiger partial charge < -0.3 is 5.32 Å². The van der Waals surface area contributed by atoms with Crippen molar-refractivity contribution < 1.29 is 4.39 Å². The van der Waals surface area contributed by atoms with Crippen LogP contribution >= 0.6 is 23.4 Å². The molecule has 1 fully saturated rings. The van der Waals surface area contributed by atoms with Crippen LogP contribution in [0.25, 0.3) is 0 Å². The average Bonchev–Trinajstić information content (AvgIpc) is 2.37. The van der Waals surface area contributed by atoms with Crippen LogP contribution in [0.5, 0.6) is 0 Å². The van der Waals surface area contributed by atoms with E-state index in [-0.39, 0.29) is 11.9 Å². The van der Waals surface area contributed by atoms with Gasteiger partial charge in [0.15, 0.2) is 0 Å². The summed E-state index contributed by atoms with van der Waals surface area (Å²) >= 11 is 8.11. The first-order valence-corrected chi connectivity index (χ1v) is 7.96. The van der Waals surface area contributed by atoms with Crippen molar-refractivity contribution in [1.29, 1.82) is 0 Å². The van der Waals surface area contributed by atoms with Crippen molar-refractivity contribution in [3.05, 3.63) is 34.6 Å². The zero-order valence-electron chi connectivity index (χ0n) is 10.6. The lowest BCUT2D eigenvalue weighted by molar-refractivity contribution is 0.421. The molecule has 1 saturated heterocycles. The lowest BCUT2D eigenvalue weighted by Gasteiger charge is -2.24. The molecular formula is C14H19ClFNS. The van der Waals surface area contributed by atoms with Gasteiger partial charge in [-0.3, -0.25) is 0 Å². The second-order valence-corrected chi connectivity index (χ2v) is 6.48. The molecule has 1 N–H and O–H groups in total. The van der Waals surface area contributed by atoms with E-state index < -0.39 is 0 Å². The molecule has 0 spiro atoms. The van der Waals surface area contributed by atoms with E-state index in [9.17, 15) is 4.39 Å². The third kappa shape index (κ3) is 3.87. The van der Waals surface area contributed by atoms with Crippen LogP contribution in [0.4, 0.5) is 4.39 Å². The fraction of sp³-hybridized carbons (Fsp3) is 0.571. The minimum Gasteiger partial charge on any atom is -0.310 e. The predicted octanol–water partition coefficient (Wildman–Crippen LogP) is 4.27. The molecule has 1 aliphatic rings. The molecule has 1 aromatic rings. The maximum atomic E-state index is 13.0. The Labute approximate surface area is 117 Å². The number of halogens is 2. The summed E-state index contributed by atoms with van der Waals surface area (Å²) in [5, 5.41) is 4.02. The molecular weight excluding hydrogens is 269 g/mol. The highest BCUT2D eigenvalue weighted by molar-refractivity contribution is 7.99. The summed E-state index contributed by atoms with van der Waals surface area (Å²) in [5.74, 6) is 3.05. The van der Waals surface area contributed by atoms with Crippen LogP contribution in [-0.4, -0.2) is 18.1 Å². The Morgan fingerprint density at radius 1 is 1.44 bits per heavy atom. The third-order valence-corrected chi connectivity index (χ3v) is 4.86. The quantitative estimate of drug-likeness (QED) is 0.887. The lowest BCUT2D eigenvalue weighted by atomic mass is 10.0. The van der Waals surface area contributed by atoms with Crippen LogP contribution in [0.3, 0.4) is 0 Å². The topological polar surface area (TPSA) is 12.0 Å². The summed E-state index contributed by atoms with van der Waals surface area (Å²) in [4.78, 5) is 0. The molecule has 1 atom stereocenters. The molecule has 2 rings (SSSR count). The van der Waals surface area contributed by atoms with Gasteiger partial charge in [0.1, 0.15) is 5.82 Å². The molecule has 1 aliphatic heterocycles. The zero-order chi connectivity index (χ0) is 13.0. The molecule has 0 radical (unpaired) electrons. The Morgan fingerprint density at radius 3 is 2.83 bits per heavy atom. The summed E-state index contributed by atoms with van der Waals surface area (Å²) < 4.78 is 13.0. The predicted molar refractivity (Wildman–Crippen MR) is 77.9 cm³/mol. The Kier molecular flexibility index (Phi) is 5.34. The van der Waals surface area contributed by atoms with Crippen LogP contribution in [0.15, 0.2) is 18.2 Å². The minimum absolute atomic E-state index is 0.174. The molecule has 1 nitrogen and oxygen atoms in total. The summed E-state index contributed by atoms with van der Waals surface area (Å²) in [7, 11) is 0. The fourth-order valence-electron chi connectivity index (χ4n) is 2.26. The molecule has 1 heterocycles. The van der Waals surface area contributed by atoms with Gasteiger partial charge in [0.25, 0.3) is 0 Å². The molecule has 18 heavy (non-hydrogen) atoms. The number of nitrogens with one attached hydrogen (secondary N) is 1. The van der Waals surface area contributed by atoms with E-state index in [0.29, 0.717) is 5.02 Å². The SMILES string of the molecule is CC(NCC1CCSCC1)c1ccc(F)cc1Cl. The largest absolute Gasteiger partial charge is 0.310 e. The highest BCUT2D eigenvalue weighted by atomic mass is 35.5. The summed E-state index contributed by atoms with van der Waals surface area (Å²) in [5.41, 5.74) is 0.975. The number of rotatable bonds is 4. The molecule has 1 unspecified atom stereocenters. The molecule has 0 aliphatic carbocycles. The smallest absolute Gasteiger partial charge is 0.124 e. The first kappa shape index (κ1) is 14.2. The Hall–Kier alpha value is -0.250.